The van der Waals surface area contributed by atoms with E-state index in [-0.39, 0.29) is 0 Å². The molecule has 254 valence electrons. The summed E-state index contributed by atoms with van der Waals surface area (Å²) in [6.45, 7) is 6.42. The van der Waals surface area contributed by atoms with Crippen molar-refractivity contribution in [1.29, 1.82) is 0 Å². The topological polar surface area (TPSA) is 171 Å². The van der Waals surface area contributed by atoms with Gasteiger partial charge in [-0.2, -0.15) is 44.6 Å². The average molecular weight is 670 g/mol. The first kappa shape index (κ1) is 38.8. The van der Waals surface area contributed by atoms with Crippen LogP contribution < -0.4 is 4.90 Å². The summed E-state index contributed by atoms with van der Waals surface area (Å²) >= 11 is 0. The predicted octanol–water partition coefficient (Wildman–Crippen LogP) is 2.55. The molecule has 0 spiro atoms. The van der Waals surface area contributed by atoms with Gasteiger partial charge < -0.3 is 25.0 Å². The minimum Gasteiger partial charge on any atom is -0.475 e. The van der Waals surface area contributed by atoms with Gasteiger partial charge in [-0.05, 0) is 6.42 Å². The summed E-state index contributed by atoms with van der Waals surface area (Å²) in [5, 5.41) is 25.6. The van der Waals surface area contributed by atoms with E-state index in [1.807, 2.05) is 17.9 Å². The van der Waals surface area contributed by atoms with Gasteiger partial charge in [0, 0.05) is 63.5 Å². The molecule has 4 rings (SSSR count). The fourth-order valence-electron chi connectivity index (χ4n) is 3.57. The number of halogens is 9. The molecular weight excluding hydrogens is 643 g/mol. The lowest BCUT2D eigenvalue weighted by Crippen LogP contribution is -2.37. The highest BCUT2D eigenvalue weighted by molar-refractivity contribution is 5.73. The van der Waals surface area contributed by atoms with Crippen molar-refractivity contribution in [3.63, 3.8) is 0 Å². The molecule has 22 heteroatoms. The van der Waals surface area contributed by atoms with E-state index < -0.39 is 36.4 Å². The third-order valence-electron chi connectivity index (χ3n) is 5.56. The van der Waals surface area contributed by atoms with E-state index in [2.05, 4.69) is 31.1 Å². The fraction of sp³-hybridized carbons (Fsp3) is 0.565. The van der Waals surface area contributed by atoms with E-state index in [0.29, 0.717) is 0 Å². The summed E-state index contributed by atoms with van der Waals surface area (Å²) in [5.41, 5.74) is 3.80. The highest BCUT2D eigenvalue weighted by Crippen LogP contribution is 2.25. The maximum Gasteiger partial charge on any atom is 0.490 e. The molecule has 0 amide bonds. The lowest BCUT2D eigenvalue weighted by molar-refractivity contribution is -0.193. The number of aliphatic carboxylic acids is 3. The molecule has 1 fully saturated rings. The van der Waals surface area contributed by atoms with Gasteiger partial charge in [0.2, 0.25) is 0 Å². The quantitative estimate of drug-likeness (QED) is 0.409. The number of alkyl halides is 9. The number of carboxylic acids is 3. The Labute approximate surface area is 247 Å². The van der Waals surface area contributed by atoms with E-state index in [0.717, 1.165) is 64.6 Å². The van der Waals surface area contributed by atoms with Crippen molar-refractivity contribution < 1.29 is 74.0 Å². The second-order valence-corrected chi connectivity index (χ2v) is 8.93. The van der Waals surface area contributed by atoms with Crippen LogP contribution in [-0.2, 0) is 45.6 Å². The molecule has 0 aromatic carbocycles. The second kappa shape index (κ2) is 16.7. The van der Waals surface area contributed by atoms with E-state index in [9.17, 15) is 39.5 Å². The molecule has 2 aromatic heterocycles. The van der Waals surface area contributed by atoms with Crippen LogP contribution in [0.2, 0.25) is 0 Å². The number of aromatic nitrogens is 4. The predicted molar refractivity (Wildman–Crippen MR) is 132 cm³/mol. The van der Waals surface area contributed by atoms with Crippen molar-refractivity contribution in [2.24, 2.45) is 7.05 Å². The summed E-state index contributed by atoms with van der Waals surface area (Å²) in [5.74, 6) is -7.15. The minimum absolute atomic E-state index is 0.784. The minimum atomic E-state index is -5.08. The molecule has 13 nitrogen and oxygen atoms in total. The van der Waals surface area contributed by atoms with Crippen molar-refractivity contribution in [3.8, 4) is 0 Å². The summed E-state index contributed by atoms with van der Waals surface area (Å²) < 4.78 is 103. The Morgan fingerprint density at radius 3 is 1.69 bits per heavy atom. The molecule has 2 aromatic rings. The average Bonchev–Trinajstić information content (AvgIpc) is 3.22. The van der Waals surface area contributed by atoms with Crippen LogP contribution in [0, 0.1) is 0 Å². The molecule has 0 bridgehead atoms. The zero-order valence-electron chi connectivity index (χ0n) is 23.2. The number of anilines is 1. The van der Waals surface area contributed by atoms with Crippen LogP contribution in [0.5, 0.6) is 0 Å². The van der Waals surface area contributed by atoms with Crippen molar-refractivity contribution in [2.45, 2.75) is 37.9 Å². The number of nitrogens with zero attached hydrogens (tertiary/aromatic N) is 6. The van der Waals surface area contributed by atoms with E-state index in [4.69, 9.17) is 34.4 Å². The molecule has 2 aliphatic rings. The first-order valence-electron chi connectivity index (χ1n) is 12.4. The molecule has 0 atom stereocenters. The molecule has 0 radical (unpaired) electrons. The number of fused-ring (bicyclic) bond motifs is 1. The smallest absolute Gasteiger partial charge is 0.475 e. The van der Waals surface area contributed by atoms with Gasteiger partial charge in [0.15, 0.2) is 0 Å². The van der Waals surface area contributed by atoms with Crippen molar-refractivity contribution in [3.05, 3.63) is 35.5 Å². The number of rotatable bonds is 3. The number of carbonyl (C=O) groups is 3. The number of morpholine rings is 1. The SMILES string of the molecule is Cn1cc(CN2CCc3ncnc(N4CCOCC4)c3CC2)cn1.O=C(O)C(F)(F)F.O=C(O)C(F)(F)F.O=C(O)C(F)(F)F. The molecule has 0 aliphatic carbocycles. The zero-order valence-corrected chi connectivity index (χ0v) is 23.2. The molecular formula is C23H27F9N6O7. The largest absolute Gasteiger partial charge is 0.490 e. The number of hydrogen-bond donors (Lipinski definition) is 3. The van der Waals surface area contributed by atoms with Gasteiger partial charge >= 0.3 is 36.4 Å². The third-order valence-corrected chi connectivity index (χ3v) is 5.56. The van der Waals surface area contributed by atoms with Crippen LogP contribution in [0.15, 0.2) is 18.7 Å². The molecule has 3 N–H and O–H groups in total. The standard InChI is InChI=1S/C17H24N6O.3C2HF3O2/c1-21-11-14(10-20-21)12-22-4-2-15-16(3-5-22)18-13-19-17(15)23-6-8-24-9-7-23;3*3-2(4,5)1(6)7/h10-11,13H,2-9,12H2,1H3;3*(H,6,7). The van der Waals surface area contributed by atoms with Crippen molar-refractivity contribution >= 4 is 23.7 Å². The first-order chi connectivity index (χ1) is 20.6. The van der Waals surface area contributed by atoms with Gasteiger partial charge in [0.05, 0.1) is 25.1 Å². The first-order valence-corrected chi connectivity index (χ1v) is 12.4. The Bertz CT molecular complexity index is 1210. The van der Waals surface area contributed by atoms with Gasteiger partial charge in [0.1, 0.15) is 12.1 Å². The molecule has 4 heterocycles. The highest BCUT2D eigenvalue weighted by atomic mass is 19.4. The number of ether oxygens (including phenoxy) is 1. The van der Waals surface area contributed by atoms with Gasteiger partial charge in [-0.1, -0.05) is 0 Å². The third kappa shape index (κ3) is 14.4. The van der Waals surface area contributed by atoms with E-state index in [1.54, 1.807) is 6.33 Å². The molecule has 0 saturated carbocycles. The van der Waals surface area contributed by atoms with Crippen molar-refractivity contribution in [2.75, 3.05) is 44.3 Å². The zero-order chi connectivity index (χ0) is 34.6. The van der Waals surface area contributed by atoms with Crippen LogP contribution in [0.4, 0.5) is 45.3 Å². The summed E-state index contributed by atoms with van der Waals surface area (Å²) in [6, 6.07) is 0. The Morgan fingerprint density at radius 2 is 1.27 bits per heavy atom. The van der Waals surface area contributed by atoms with Gasteiger partial charge in [-0.15, -0.1) is 0 Å². The van der Waals surface area contributed by atoms with Crippen LogP contribution in [0.25, 0.3) is 0 Å². The van der Waals surface area contributed by atoms with Crippen molar-refractivity contribution in [1.82, 2.24) is 24.6 Å². The summed E-state index contributed by atoms with van der Waals surface area (Å²) in [6.07, 6.45) is -7.49. The number of carboxylic acid groups (broad SMARTS) is 3. The maximum absolute atomic E-state index is 10.6. The Kier molecular flexibility index (Phi) is 14.4. The second-order valence-electron chi connectivity index (χ2n) is 8.93. The highest BCUT2D eigenvalue weighted by Gasteiger charge is 2.39. The molecule has 2 aliphatic heterocycles. The normalized spacial score (nSPS) is 15.5. The number of aryl methyl sites for hydroxylation is 1. The number of hydrogen-bond acceptors (Lipinski definition) is 9. The molecule has 0 unspecified atom stereocenters. The van der Waals surface area contributed by atoms with Crippen LogP contribution in [0.3, 0.4) is 0 Å². The van der Waals surface area contributed by atoms with Gasteiger partial charge in [-0.25, -0.2) is 24.4 Å². The Morgan fingerprint density at radius 1 is 0.800 bits per heavy atom. The lowest BCUT2D eigenvalue weighted by atomic mass is 10.1. The molecule has 1 saturated heterocycles. The maximum atomic E-state index is 10.6. The van der Waals surface area contributed by atoms with Crippen LogP contribution >= 0.6 is 0 Å². The summed E-state index contributed by atoms with van der Waals surface area (Å²) in [7, 11) is 1.96. The van der Waals surface area contributed by atoms with E-state index >= 15 is 0 Å². The van der Waals surface area contributed by atoms with E-state index in [1.165, 1.54) is 16.8 Å². The van der Waals surface area contributed by atoms with Crippen LogP contribution in [0.1, 0.15) is 16.8 Å². The molecule has 45 heavy (non-hydrogen) atoms. The monoisotopic (exact) mass is 670 g/mol. The van der Waals surface area contributed by atoms with Crippen LogP contribution in [-0.4, -0.2) is 116 Å². The Hall–Kier alpha value is -4.21. The lowest BCUT2D eigenvalue weighted by Gasteiger charge is -2.29. The van der Waals surface area contributed by atoms with Gasteiger partial charge in [-0.3, -0.25) is 9.58 Å². The Balaban J connectivity index is 0.000000396. The summed E-state index contributed by atoms with van der Waals surface area (Å²) in [4.78, 5) is 40.7. The van der Waals surface area contributed by atoms with Gasteiger partial charge in [0.25, 0.3) is 0 Å². The fourth-order valence-corrected chi connectivity index (χ4v) is 3.57.